The number of urea groups is 1. The van der Waals surface area contributed by atoms with Gasteiger partial charge in [0, 0.05) is 30.3 Å². The van der Waals surface area contributed by atoms with E-state index in [-0.39, 0.29) is 40.2 Å². The molecule has 2 aliphatic heterocycles. The van der Waals surface area contributed by atoms with Gasteiger partial charge in [0.2, 0.25) is 0 Å². The Bertz CT molecular complexity index is 1020. The van der Waals surface area contributed by atoms with E-state index in [1.165, 1.54) is 29.2 Å². The van der Waals surface area contributed by atoms with Gasteiger partial charge in [-0.3, -0.25) is 4.90 Å². The Hall–Kier alpha value is -2.16. The molecular formula is C20H20ClFN2O4S. The largest absolute Gasteiger partial charge is 0.381 e. The molecule has 29 heavy (non-hydrogen) atoms. The van der Waals surface area contributed by atoms with E-state index in [0.29, 0.717) is 26.1 Å². The molecule has 1 fully saturated rings. The minimum atomic E-state index is -4.00. The quantitative estimate of drug-likeness (QED) is 0.722. The second kappa shape index (κ2) is 7.93. The number of fused-ring (bicyclic) bond motifs is 1. The van der Waals surface area contributed by atoms with Crippen LogP contribution in [0.25, 0.3) is 0 Å². The Morgan fingerprint density at radius 2 is 1.83 bits per heavy atom. The average molecular weight is 439 g/mol. The average Bonchev–Trinajstić information content (AvgIpc) is 2.71. The summed E-state index contributed by atoms with van der Waals surface area (Å²) in [5.74, 6) is -0.529. The van der Waals surface area contributed by atoms with Gasteiger partial charge in [-0.05, 0) is 43.0 Å². The molecule has 0 saturated carbocycles. The molecule has 2 amide bonds. The van der Waals surface area contributed by atoms with Gasteiger partial charge in [-0.25, -0.2) is 21.9 Å². The predicted octanol–water partition coefficient (Wildman–Crippen LogP) is 4.04. The molecule has 0 bridgehead atoms. The topological polar surface area (TPSA) is 66.9 Å². The normalized spacial score (nSPS) is 19.3. The molecule has 4 rings (SSSR count). The number of anilines is 1. The number of ether oxygens (including phenoxy) is 1. The number of hydrogen-bond donors (Lipinski definition) is 0. The fourth-order valence-corrected chi connectivity index (χ4v) is 5.56. The maximum absolute atomic E-state index is 14.4. The minimum Gasteiger partial charge on any atom is -0.381 e. The van der Waals surface area contributed by atoms with E-state index < -0.39 is 21.9 Å². The van der Waals surface area contributed by atoms with Gasteiger partial charge in [0.05, 0.1) is 12.2 Å². The third kappa shape index (κ3) is 3.72. The maximum Gasteiger partial charge on any atom is 0.338 e. The molecule has 0 radical (unpaired) electrons. The van der Waals surface area contributed by atoms with Crippen LogP contribution >= 0.6 is 11.6 Å². The van der Waals surface area contributed by atoms with Gasteiger partial charge >= 0.3 is 6.03 Å². The first-order valence-corrected chi connectivity index (χ1v) is 11.2. The predicted molar refractivity (Wildman–Crippen MR) is 107 cm³/mol. The third-order valence-electron chi connectivity index (χ3n) is 5.31. The van der Waals surface area contributed by atoms with E-state index in [2.05, 4.69) is 0 Å². The SMILES string of the molecule is O=C1N(Cc2c(F)cccc2Cl)c2ccccc2S(=O)(=O)N1CC1CCOCC1. The van der Waals surface area contributed by atoms with Crippen molar-refractivity contribution in [1.82, 2.24) is 4.31 Å². The molecule has 2 aliphatic rings. The second-order valence-electron chi connectivity index (χ2n) is 7.13. The minimum absolute atomic E-state index is 0.0200. The van der Waals surface area contributed by atoms with E-state index in [1.807, 2.05) is 0 Å². The van der Waals surface area contributed by atoms with Gasteiger partial charge < -0.3 is 4.74 Å². The molecule has 0 aromatic heterocycles. The number of para-hydroxylation sites is 1. The van der Waals surface area contributed by atoms with Crippen molar-refractivity contribution in [2.24, 2.45) is 5.92 Å². The van der Waals surface area contributed by atoms with Gasteiger partial charge in [-0.1, -0.05) is 29.8 Å². The van der Waals surface area contributed by atoms with Crippen molar-refractivity contribution < 1.29 is 22.3 Å². The molecule has 0 aliphatic carbocycles. The zero-order chi connectivity index (χ0) is 20.6. The van der Waals surface area contributed by atoms with Crippen LogP contribution in [-0.2, 0) is 21.3 Å². The summed E-state index contributed by atoms with van der Waals surface area (Å²) in [5.41, 5.74) is 0.364. The fraction of sp³-hybridized carbons (Fsp3) is 0.350. The van der Waals surface area contributed by atoms with Crippen LogP contribution in [0, 0.1) is 11.7 Å². The number of hydrogen-bond acceptors (Lipinski definition) is 4. The van der Waals surface area contributed by atoms with E-state index in [0.717, 1.165) is 4.31 Å². The lowest BCUT2D eigenvalue weighted by atomic mass is 10.0. The van der Waals surface area contributed by atoms with E-state index in [1.54, 1.807) is 18.2 Å². The Balaban J connectivity index is 1.75. The number of nitrogens with zero attached hydrogens (tertiary/aromatic N) is 2. The highest BCUT2D eigenvalue weighted by molar-refractivity contribution is 7.90. The summed E-state index contributed by atoms with van der Waals surface area (Å²) in [6.07, 6.45) is 1.36. The van der Waals surface area contributed by atoms with Crippen LogP contribution in [0.15, 0.2) is 47.4 Å². The van der Waals surface area contributed by atoms with Crippen LogP contribution < -0.4 is 4.90 Å². The van der Waals surface area contributed by atoms with Gasteiger partial charge in [0.1, 0.15) is 10.7 Å². The molecular weight excluding hydrogens is 419 g/mol. The number of carbonyl (C=O) groups excluding carboxylic acids is 1. The Kier molecular flexibility index (Phi) is 5.50. The fourth-order valence-electron chi connectivity index (χ4n) is 3.69. The summed E-state index contributed by atoms with van der Waals surface area (Å²) in [6, 6.07) is 9.84. The zero-order valence-corrected chi connectivity index (χ0v) is 17.1. The molecule has 0 atom stereocenters. The number of benzene rings is 2. The summed E-state index contributed by atoms with van der Waals surface area (Å²) in [4.78, 5) is 14.6. The van der Waals surface area contributed by atoms with Crippen molar-refractivity contribution >= 4 is 33.3 Å². The standard InChI is InChI=1S/C20H20ClFN2O4S/c21-16-4-3-5-17(22)15(16)13-23-18-6-1-2-7-19(18)29(26,27)24(20(23)25)12-14-8-10-28-11-9-14/h1-7,14H,8-13H2. The van der Waals surface area contributed by atoms with E-state index in [9.17, 15) is 17.6 Å². The van der Waals surface area contributed by atoms with Crippen molar-refractivity contribution in [2.75, 3.05) is 24.7 Å². The smallest absolute Gasteiger partial charge is 0.338 e. The van der Waals surface area contributed by atoms with Crippen molar-refractivity contribution in [2.45, 2.75) is 24.3 Å². The van der Waals surface area contributed by atoms with Crippen molar-refractivity contribution in [3.05, 3.63) is 58.9 Å². The Morgan fingerprint density at radius 3 is 2.55 bits per heavy atom. The molecule has 0 N–H and O–H groups in total. The number of halogens is 2. The molecule has 2 aromatic rings. The molecule has 154 valence electrons. The van der Waals surface area contributed by atoms with Crippen LogP contribution in [-0.4, -0.2) is 38.5 Å². The second-order valence-corrected chi connectivity index (χ2v) is 9.37. The van der Waals surface area contributed by atoms with Gasteiger partial charge in [-0.2, -0.15) is 0 Å². The van der Waals surface area contributed by atoms with Gasteiger partial charge in [0.25, 0.3) is 10.0 Å². The van der Waals surface area contributed by atoms with Crippen LogP contribution in [0.5, 0.6) is 0 Å². The van der Waals surface area contributed by atoms with Gasteiger partial charge in [0.15, 0.2) is 0 Å². The highest BCUT2D eigenvalue weighted by Gasteiger charge is 2.42. The van der Waals surface area contributed by atoms with Gasteiger partial charge in [-0.15, -0.1) is 0 Å². The highest BCUT2D eigenvalue weighted by Crippen LogP contribution is 2.37. The van der Waals surface area contributed by atoms with Crippen molar-refractivity contribution in [3.63, 3.8) is 0 Å². The Labute approximate surface area is 173 Å². The molecule has 1 saturated heterocycles. The van der Waals surface area contributed by atoms with E-state index >= 15 is 0 Å². The zero-order valence-electron chi connectivity index (χ0n) is 15.6. The number of carbonyl (C=O) groups is 1. The maximum atomic E-state index is 14.4. The lowest BCUT2D eigenvalue weighted by Gasteiger charge is -2.38. The summed E-state index contributed by atoms with van der Waals surface area (Å²) in [5, 5.41) is 0.180. The number of amides is 2. The van der Waals surface area contributed by atoms with Crippen LogP contribution in [0.3, 0.4) is 0 Å². The van der Waals surface area contributed by atoms with Crippen molar-refractivity contribution in [1.29, 1.82) is 0 Å². The van der Waals surface area contributed by atoms with Crippen LogP contribution in [0.2, 0.25) is 5.02 Å². The number of sulfonamides is 1. The summed E-state index contributed by atoms with van der Waals surface area (Å²) in [7, 11) is -4.00. The molecule has 9 heteroatoms. The molecule has 0 unspecified atom stereocenters. The van der Waals surface area contributed by atoms with Crippen molar-refractivity contribution in [3.8, 4) is 0 Å². The summed E-state index contributed by atoms with van der Waals surface area (Å²) in [6.45, 7) is 0.983. The van der Waals surface area contributed by atoms with Crippen LogP contribution in [0.1, 0.15) is 18.4 Å². The monoisotopic (exact) mass is 438 g/mol. The first-order chi connectivity index (χ1) is 13.9. The lowest BCUT2D eigenvalue weighted by Crippen LogP contribution is -2.52. The third-order valence-corrected chi connectivity index (χ3v) is 7.45. The number of rotatable bonds is 4. The molecule has 0 spiro atoms. The van der Waals surface area contributed by atoms with Crippen LogP contribution in [0.4, 0.5) is 14.9 Å². The lowest BCUT2D eigenvalue weighted by molar-refractivity contribution is 0.0623. The van der Waals surface area contributed by atoms with E-state index in [4.69, 9.17) is 16.3 Å². The summed E-state index contributed by atoms with van der Waals surface area (Å²) < 4.78 is 46.9. The first-order valence-electron chi connectivity index (χ1n) is 9.33. The highest BCUT2D eigenvalue weighted by atomic mass is 35.5. The Morgan fingerprint density at radius 1 is 1.10 bits per heavy atom. The first kappa shape index (κ1) is 20.1. The molecule has 2 aromatic carbocycles. The molecule has 2 heterocycles. The molecule has 6 nitrogen and oxygen atoms in total. The summed E-state index contributed by atoms with van der Waals surface area (Å²) >= 11 is 6.15.